The lowest BCUT2D eigenvalue weighted by Gasteiger charge is -2.19. The summed E-state index contributed by atoms with van der Waals surface area (Å²) >= 11 is 0. The smallest absolute Gasteiger partial charge is 0.0867 e. The molecule has 4 rings (SSSR count). The Morgan fingerprint density at radius 2 is 1.30 bits per heavy atom. The number of aromatic nitrogens is 2. The topological polar surface area (TPSA) is 46.9 Å². The third-order valence-electron chi connectivity index (χ3n) is 4.65. The van der Waals surface area contributed by atoms with Crippen LogP contribution < -0.4 is 10.2 Å². The van der Waals surface area contributed by atoms with Crippen LogP contribution in [-0.2, 0) is 0 Å². The molecule has 3 N–H and O–H groups in total. The van der Waals surface area contributed by atoms with Crippen molar-refractivity contribution in [1.29, 1.82) is 0 Å². The fourth-order valence-corrected chi connectivity index (χ4v) is 3.24. The zero-order valence-electron chi connectivity index (χ0n) is 13.4. The first-order chi connectivity index (χ1) is 11.3. The minimum absolute atomic E-state index is 1.12. The van der Waals surface area contributed by atoms with Gasteiger partial charge in [0.15, 0.2) is 0 Å². The quantitative estimate of drug-likeness (QED) is 0.672. The molecule has 118 valence electrons. The van der Waals surface area contributed by atoms with Gasteiger partial charge in [-0.25, -0.2) is 0 Å². The van der Waals surface area contributed by atoms with Crippen LogP contribution in [0.4, 0.5) is 11.4 Å². The van der Waals surface area contributed by atoms with Gasteiger partial charge < -0.3 is 10.2 Å². The summed E-state index contributed by atoms with van der Waals surface area (Å²) in [4.78, 5) is 2.46. The summed E-state index contributed by atoms with van der Waals surface area (Å²) < 4.78 is 0. The molecule has 4 heteroatoms. The minimum atomic E-state index is 1.12. The molecule has 0 saturated carbocycles. The Bertz CT molecular complexity index is 759. The van der Waals surface area contributed by atoms with Gasteiger partial charge >= 0.3 is 0 Å². The van der Waals surface area contributed by atoms with Crippen molar-refractivity contribution in [2.24, 2.45) is 0 Å². The highest BCUT2D eigenvalue weighted by Crippen LogP contribution is 2.32. The third-order valence-corrected chi connectivity index (χ3v) is 4.65. The molecule has 1 saturated heterocycles. The van der Waals surface area contributed by atoms with Crippen LogP contribution in [0.15, 0.2) is 48.5 Å². The molecule has 2 heterocycles. The maximum atomic E-state index is 3.23. The van der Waals surface area contributed by atoms with E-state index < -0.39 is 0 Å². The maximum absolute atomic E-state index is 3.23. The molecule has 1 fully saturated rings. The molecule has 1 aliphatic rings. The zero-order valence-corrected chi connectivity index (χ0v) is 13.4. The Kier molecular flexibility index (Phi) is 3.58. The summed E-state index contributed by atoms with van der Waals surface area (Å²) in [6.45, 7) is 2.37. The molecule has 2 aromatic carbocycles. The second-order valence-electron chi connectivity index (χ2n) is 6.07. The van der Waals surface area contributed by atoms with Gasteiger partial charge in [-0.15, -0.1) is 0 Å². The summed E-state index contributed by atoms with van der Waals surface area (Å²) in [7, 11) is 1.94. The monoisotopic (exact) mass is 306 g/mol. The third kappa shape index (κ3) is 2.61. The number of hydrogen-bond donors (Lipinski definition) is 3. The number of hydrogen-bond acceptors (Lipinski definition) is 2. The second-order valence-corrected chi connectivity index (χ2v) is 6.07. The Morgan fingerprint density at radius 3 is 1.78 bits per heavy atom. The van der Waals surface area contributed by atoms with Gasteiger partial charge in [-0.3, -0.25) is 10.2 Å². The predicted octanol–water partition coefficient (Wildman–Crippen LogP) is 4.32. The van der Waals surface area contributed by atoms with Crippen LogP contribution in [0.5, 0.6) is 0 Å². The number of nitrogens with one attached hydrogen (secondary N) is 3. The lowest BCUT2D eigenvalue weighted by Crippen LogP contribution is -2.17. The van der Waals surface area contributed by atoms with Crippen molar-refractivity contribution in [2.75, 3.05) is 30.4 Å². The first-order valence-corrected chi connectivity index (χ1v) is 8.25. The molecule has 0 unspecified atom stereocenters. The van der Waals surface area contributed by atoms with Crippen LogP contribution >= 0.6 is 0 Å². The number of H-pyrrole nitrogens is 2. The highest BCUT2D eigenvalue weighted by atomic mass is 15.2. The summed E-state index contributed by atoms with van der Waals surface area (Å²) in [6.07, 6.45) is 2.62. The van der Waals surface area contributed by atoms with Gasteiger partial charge in [-0.1, -0.05) is 24.3 Å². The van der Waals surface area contributed by atoms with Crippen LogP contribution in [-0.4, -0.2) is 30.3 Å². The Hall–Kier alpha value is -2.62. The van der Waals surface area contributed by atoms with Crippen molar-refractivity contribution >= 4 is 11.4 Å². The van der Waals surface area contributed by atoms with Gasteiger partial charge in [0.25, 0.3) is 0 Å². The van der Waals surface area contributed by atoms with Gasteiger partial charge in [0.1, 0.15) is 0 Å². The van der Waals surface area contributed by atoms with Crippen LogP contribution in [0.2, 0.25) is 0 Å². The number of benzene rings is 2. The normalized spacial score (nSPS) is 14.4. The molecule has 0 radical (unpaired) electrons. The molecule has 23 heavy (non-hydrogen) atoms. The average Bonchev–Trinajstić information content (AvgIpc) is 3.10. The Balaban J connectivity index is 1.57. The van der Waals surface area contributed by atoms with Crippen molar-refractivity contribution in [3.8, 4) is 22.5 Å². The average molecular weight is 306 g/mol. The van der Waals surface area contributed by atoms with E-state index in [0.717, 1.165) is 17.1 Å². The summed E-state index contributed by atoms with van der Waals surface area (Å²) in [5, 5.41) is 9.59. The predicted molar refractivity (Wildman–Crippen MR) is 97.0 cm³/mol. The first kappa shape index (κ1) is 14.0. The lowest BCUT2D eigenvalue weighted by molar-refractivity contribution is 0.949. The standard InChI is InChI=1S/C19H22N4/c1-20-16-8-4-14(5-9-16)18-19(22-21-18)15-6-10-17(11-7-15)23-12-2-3-13-23/h4-11,20-22H,2-3,12-13H2,1H3. The summed E-state index contributed by atoms with van der Waals surface area (Å²) in [5.41, 5.74) is 7.19. The molecule has 1 aliphatic heterocycles. The molecule has 1 aromatic heterocycles. The SMILES string of the molecule is CNc1ccc(-c2[nH][nH]c2-c2ccc(N3CCCC3)cc2)cc1. The van der Waals surface area contributed by atoms with E-state index in [4.69, 9.17) is 0 Å². The largest absolute Gasteiger partial charge is 0.388 e. The summed E-state index contributed by atoms with van der Waals surface area (Å²) in [5.74, 6) is 0. The van der Waals surface area contributed by atoms with E-state index >= 15 is 0 Å². The number of anilines is 2. The molecule has 0 amide bonds. The van der Waals surface area contributed by atoms with E-state index in [1.165, 1.54) is 42.7 Å². The van der Waals surface area contributed by atoms with Crippen molar-refractivity contribution in [3.05, 3.63) is 48.5 Å². The van der Waals surface area contributed by atoms with Crippen LogP contribution in [0, 0.1) is 0 Å². The van der Waals surface area contributed by atoms with Crippen molar-refractivity contribution in [2.45, 2.75) is 12.8 Å². The molecule has 3 aromatic rings. The number of rotatable bonds is 4. The van der Waals surface area contributed by atoms with E-state index in [2.05, 4.69) is 68.9 Å². The van der Waals surface area contributed by atoms with Crippen molar-refractivity contribution in [1.82, 2.24) is 10.2 Å². The first-order valence-electron chi connectivity index (χ1n) is 8.25. The zero-order chi connectivity index (χ0) is 15.6. The van der Waals surface area contributed by atoms with Gasteiger partial charge in [0.05, 0.1) is 11.4 Å². The van der Waals surface area contributed by atoms with Gasteiger partial charge in [-0.2, -0.15) is 0 Å². The van der Waals surface area contributed by atoms with E-state index in [9.17, 15) is 0 Å². The number of aromatic amines is 2. The molecule has 0 spiro atoms. The van der Waals surface area contributed by atoms with Gasteiger partial charge in [0, 0.05) is 42.6 Å². The van der Waals surface area contributed by atoms with E-state index in [-0.39, 0.29) is 0 Å². The highest BCUT2D eigenvalue weighted by Gasteiger charge is 2.14. The van der Waals surface area contributed by atoms with Crippen LogP contribution in [0.1, 0.15) is 12.8 Å². The molecule has 4 nitrogen and oxygen atoms in total. The second kappa shape index (κ2) is 5.88. The Labute approximate surface area is 136 Å². The highest BCUT2D eigenvalue weighted by molar-refractivity contribution is 5.80. The van der Waals surface area contributed by atoms with Crippen molar-refractivity contribution < 1.29 is 0 Å². The van der Waals surface area contributed by atoms with E-state index in [0.29, 0.717) is 0 Å². The lowest BCUT2D eigenvalue weighted by atomic mass is 10.0. The van der Waals surface area contributed by atoms with E-state index in [1.807, 2.05) is 7.05 Å². The fourth-order valence-electron chi connectivity index (χ4n) is 3.24. The molecule has 0 bridgehead atoms. The molecule has 0 atom stereocenters. The fraction of sp³-hybridized carbons (Fsp3) is 0.263. The van der Waals surface area contributed by atoms with Crippen LogP contribution in [0.3, 0.4) is 0 Å². The van der Waals surface area contributed by atoms with Gasteiger partial charge in [0.2, 0.25) is 0 Å². The van der Waals surface area contributed by atoms with E-state index in [1.54, 1.807) is 0 Å². The molecule has 0 aliphatic carbocycles. The van der Waals surface area contributed by atoms with Gasteiger partial charge in [-0.05, 0) is 37.1 Å². The Morgan fingerprint density at radius 1 is 0.783 bits per heavy atom. The number of nitrogens with zero attached hydrogens (tertiary/aromatic N) is 1. The summed E-state index contributed by atoms with van der Waals surface area (Å²) in [6, 6.07) is 17.3. The van der Waals surface area contributed by atoms with Crippen molar-refractivity contribution in [3.63, 3.8) is 0 Å². The minimum Gasteiger partial charge on any atom is -0.388 e. The molecular formula is C19H22N4. The molecular weight excluding hydrogens is 284 g/mol. The van der Waals surface area contributed by atoms with Crippen LogP contribution in [0.25, 0.3) is 22.5 Å². The maximum Gasteiger partial charge on any atom is 0.0867 e.